The Morgan fingerprint density at radius 1 is 1.40 bits per heavy atom. The molecule has 1 fully saturated rings. The molecule has 0 bridgehead atoms. The third kappa shape index (κ3) is 3.58. The maximum Gasteiger partial charge on any atom is 0.322 e. The summed E-state index contributed by atoms with van der Waals surface area (Å²) in [5, 5.41) is 12.3. The van der Waals surface area contributed by atoms with Gasteiger partial charge in [0.15, 0.2) is 11.0 Å². The average molecular weight is 361 g/mol. The van der Waals surface area contributed by atoms with Crippen LogP contribution in [-0.4, -0.2) is 45.1 Å². The topological polar surface area (TPSA) is 72.3 Å². The van der Waals surface area contributed by atoms with E-state index >= 15 is 0 Å². The minimum atomic E-state index is -0.136. The Morgan fingerprint density at radius 2 is 2.20 bits per heavy atom. The van der Waals surface area contributed by atoms with Gasteiger partial charge in [0.05, 0.1) is 18.3 Å². The van der Waals surface area contributed by atoms with Gasteiger partial charge in [0.25, 0.3) is 0 Å². The van der Waals surface area contributed by atoms with Crippen molar-refractivity contribution in [3.63, 3.8) is 0 Å². The molecule has 8 heteroatoms. The molecule has 1 aliphatic rings. The first-order chi connectivity index (χ1) is 12.2. The standard InChI is InChI=1S/C17H23N5O2S/c1-4-24-14-10-6-5-8-12(14)18-16(23)22-11-7-9-13(22)15-19-20-17(25-3)21(15)2/h5-6,8,10,13H,4,7,9,11H2,1-3H3,(H,18,23). The molecule has 25 heavy (non-hydrogen) atoms. The van der Waals surface area contributed by atoms with Crippen LogP contribution in [0.4, 0.5) is 10.5 Å². The highest BCUT2D eigenvalue weighted by molar-refractivity contribution is 7.98. The molecular formula is C17H23N5O2S. The fourth-order valence-corrected chi connectivity index (χ4v) is 3.60. The summed E-state index contributed by atoms with van der Waals surface area (Å²) in [6.07, 6.45) is 3.81. The van der Waals surface area contributed by atoms with Crippen molar-refractivity contribution >= 4 is 23.5 Å². The molecule has 1 atom stereocenters. The monoisotopic (exact) mass is 361 g/mol. The molecule has 1 N–H and O–H groups in total. The summed E-state index contributed by atoms with van der Waals surface area (Å²) in [6.45, 7) is 3.18. The zero-order valence-electron chi connectivity index (χ0n) is 14.7. The second kappa shape index (κ2) is 7.77. The van der Waals surface area contributed by atoms with E-state index in [0.717, 1.165) is 23.8 Å². The van der Waals surface area contributed by atoms with Crippen LogP contribution in [0, 0.1) is 0 Å². The van der Waals surface area contributed by atoms with E-state index in [0.29, 0.717) is 24.6 Å². The molecule has 3 rings (SSSR count). The van der Waals surface area contributed by atoms with Crippen molar-refractivity contribution in [2.45, 2.75) is 31.0 Å². The van der Waals surface area contributed by atoms with Gasteiger partial charge in [-0.2, -0.15) is 0 Å². The number of ether oxygens (including phenoxy) is 1. The van der Waals surface area contributed by atoms with Crippen molar-refractivity contribution in [1.82, 2.24) is 19.7 Å². The van der Waals surface area contributed by atoms with E-state index < -0.39 is 0 Å². The third-order valence-electron chi connectivity index (χ3n) is 4.29. The summed E-state index contributed by atoms with van der Waals surface area (Å²) in [5.41, 5.74) is 0.683. The molecule has 0 aliphatic carbocycles. The number of thioether (sulfide) groups is 1. The number of anilines is 1. The minimum Gasteiger partial charge on any atom is -0.492 e. The Bertz CT molecular complexity index is 748. The quantitative estimate of drug-likeness (QED) is 0.827. The Balaban J connectivity index is 1.78. The third-order valence-corrected chi connectivity index (χ3v) is 5.01. The lowest BCUT2D eigenvalue weighted by atomic mass is 10.2. The maximum atomic E-state index is 12.8. The second-order valence-electron chi connectivity index (χ2n) is 5.81. The number of nitrogens with zero attached hydrogens (tertiary/aromatic N) is 4. The van der Waals surface area contributed by atoms with Crippen molar-refractivity contribution in [3.05, 3.63) is 30.1 Å². The molecule has 2 amide bonds. The van der Waals surface area contributed by atoms with Crippen LogP contribution in [0.25, 0.3) is 0 Å². The number of amides is 2. The number of carbonyl (C=O) groups is 1. The van der Waals surface area contributed by atoms with Gasteiger partial charge in [-0.25, -0.2) is 4.79 Å². The lowest BCUT2D eigenvalue weighted by Crippen LogP contribution is -2.35. The fourth-order valence-electron chi connectivity index (χ4n) is 3.11. The molecule has 7 nitrogen and oxygen atoms in total. The number of urea groups is 1. The van der Waals surface area contributed by atoms with Gasteiger partial charge in [-0.15, -0.1) is 10.2 Å². The van der Waals surface area contributed by atoms with Gasteiger partial charge in [-0.3, -0.25) is 0 Å². The molecule has 0 saturated carbocycles. The van der Waals surface area contributed by atoms with Gasteiger partial charge in [-0.05, 0) is 38.2 Å². The van der Waals surface area contributed by atoms with Crippen molar-refractivity contribution in [2.24, 2.45) is 7.05 Å². The van der Waals surface area contributed by atoms with E-state index in [1.165, 1.54) is 0 Å². The number of likely N-dealkylation sites (tertiary alicyclic amines) is 1. The largest absolute Gasteiger partial charge is 0.492 e. The number of rotatable bonds is 5. The molecule has 134 valence electrons. The van der Waals surface area contributed by atoms with Gasteiger partial charge in [-0.1, -0.05) is 23.9 Å². The fraction of sp³-hybridized carbons (Fsp3) is 0.471. The zero-order valence-corrected chi connectivity index (χ0v) is 15.5. The number of hydrogen-bond donors (Lipinski definition) is 1. The number of nitrogens with one attached hydrogen (secondary N) is 1. The number of aromatic nitrogens is 3. The number of hydrogen-bond acceptors (Lipinski definition) is 5. The summed E-state index contributed by atoms with van der Waals surface area (Å²) < 4.78 is 7.55. The molecule has 2 heterocycles. The van der Waals surface area contributed by atoms with Crippen LogP contribution in [0.5, 0.6) is 5.75 Å². The highest BCUT2D eigenvalue weighted by Gasteiger charge is 2.34. The van der Waals surface area contributed by atoms with E-state index in [4.69, 9.17) is 4.74 Å². The van der Waals surface area contributed by atoms with Gasteiger partial charge in [0.2, 0.25) is 0 Å². The highest BCUT2D eigenvalue weighted by atomic mass is 32.2. The molecule has 1 saturated heterocycles. The number of para-hydroxylation sites is 2. The predicted molar refractivity (Wildman–Crippen MR) is 98.1 cm³/mol. The van der Waals surface area contributed by atoms with Crippen LogP contribution in [0.15, 0.2) is 29.4 Å². The Morgan fingerprint density at radius 3 is 2.92 bits per heavy atom. The SMILES string of the molecule is CCOc1ccccc1NC(=O)N1CCCC1c1nnc(SC)n1C. The van der Waals surface area contributed by atoms with Crippen LogP contribution < -0.4 is 10.1 Å². The molecule has 1 aliphatic heterocycles. The molecule has 1 aromatic carbocycles. The van der Waals surface area contributed by atoms with Gasteiger partial charge in [0.1, 0.15) is 5.75 Å². The highest BCUT2D eigenvalue weighted by Crippen LogP contribution is 2.33. The van der Waals surface area contributed by atoms with Gasteiger partial charge >= 0.3 is 6.03 Å². The summed E-state index contributed by atoms with van der Waals surface area (Å²) in [4.78, 5) is 14.7. The Kier molecular flexibility index (Phi) is 5.47. The molecule has 2 aromatic rings. The molecular weight excluding hydrogens is 338 g/mol. The van der Waals surface area contributed by atoms with Crippen molar-refractivity contribution in [2.75, 3.05) is 24.7 Å². The molecule has 0 spiro atoms. The minimum absolute atomic E-state index is 0.0577. The first-order valence-corrected chi connectivity index (χ1v) is 9.61. The van der Waals surface area contributed by atoms with Crippen LogP contribution >= 0.6 is 11.8 Å². The van der Waals surface area contributed by atoms with Crippen LogP contribution in [0.2, 0.25) is 0 Å². The van der Waals surface area contributed by atoms with Gasteiger partial charge < -0.3 is 19.5 Å². The normalized spacial score (nSPS) is 16.9. The zero-order chi connectivity index (χ0) is 17.8. The number of benzene rings is 1. The predicted octanol–water partition coefficient (Wildman–Crippen LogP) is 3.30. The first kappa shape index (κ1) is 17.6. The van der Waals surface area contributed by atoms with E-state index in [2.05, 4.69) is 15.5 Å². The second-order valence-corrected chi connectivity index (χ2v) is 6.59. The smallest absolute Gasteiger partial charge is 0.322 e. The Labute approximate surface area is 151 Å². The van der Waals surface area contributed by atoms with Crippen molar-refractivity contribution in [1.29, 1.82) is 0 Å². The molecule has 1 unspecified atom stereocenters. The average Bonchev–Trinajstić information content (AvgIpc) is 3.23. The molecule has 0 radical (unpaired) electrons. The van der Waals surface area contributed by atoms with Gasteiger partial charge in [0, 0.05) is 13.6 Å². The maximum absolute atomic E-state index is 12.8. The van der Waals surface area contributed by atoms with E-state index in [-0.39, 0.29) is 12.1 Å². The number of carbonyl (C=O) groups excluding carboxylic acids is 1. The summed E-state index contributed by atoms with van der Waals surface area (Å²) >= 11 is 1.55. The lowest BCUT2D eigenvalue weighted by Gasteiger charge is -2.24. The molecule has 1 aromatic heterocycles. The summed E-state index contributed by atoms with van der Waals surface area (Å²) in [5.74, 6) is 1.51. The van der Waals surface area contributed by atoms with Crippen molar-refractivity contribution < 1.29 is 9.53 Å². The van der Waals surface area contributed by atoms with Crippen molar-refractivity contribution in [3.8, 4) is 5.75 Å². The van der Waals surface area contributed by atoms with E-state index in [9.17, 15) is 4.79 Å². The van der Waals surface area contributed by atoms with E-state index in [1.807, 2.05) is 54.0 Å². The Hall–Kier alpha value is -2.22. The summed E-state index contributed by atoms with van der Waals surface area (Å²) in [7, 11) is 1.94. The van der Waals surface area contributed by atoms with E-state index in [1.54, 1.807) is 11.8 Å². The lowest BCUT2D eigenvalue weighted by molar-refractivity contribution is 0.203. The van der Waals surface area contributed by atoms with Crippen LogP contribution in [0.3, 0.4) is 0 Å². The van der Waals surface area contributed by atoms with Crippen LogP contribution in [-0.2, 0) is 7.05 Å². The first-order valence-electron chi connectivity index (χ1n) is 8.38. The summed E-state index contributed by atoms with van der Waals surface area (Å²) in [6, 6.07) is 7.28. The van der Waals surface area contributed by atoms with Crippen LogP contribution in [0.1, 0.15) is 31.6 Å².